The largest absolute Gasteiger partial charge is 0.468 e. The van der Waals surface area contributed by atoms with Crippen molar-refractivity contribution in [2.45, 2.75) is 37.8 Å². The highest BCUT2D eigenvalue weighted by Gasteiger charge is 2.30. The van der Waals surface area contributed by atoms with Crippen molar-refractivity contribution in [1.29, 1.82) is 0 Å². The van der Waals surface area contributed by atoms with Gasteiger partial charge in [0.05, 0.1) is 12.5 Å². The monoisotopic (exact) mass is 276 g/mol. The second-order valence-corrected chi connectivity index (χ2v) is 6.18. The first-order valence-corrected chi connectivity index (χ1v) is 6.79. The zero-order valence-electron chi connectivity index (χ0n) is 11.1. The summed E-state index contributed by atoms with van der Waals surface area (Å²) in [4.78, 5) is 22.7. The highest BCUT2D eigenvalue weighted by molar-refractivity contribution is 8.00. The van der Waals surface area contributed by atoms with E-state index in [1.165, 1.54) is 7.11 Å². The van der Waals surface area contributed by atoms with E-state index < -0.39 is 11.7 Å². The number of esters is 1. The Hall–Kier alpha value is -0.950. The fourth-order valence-corrected chi connectivity index (χ4v) is 2.54. The lowest BCUT2D eigenvalue weighted by atomic mass is 10.2. The zero-order chi connectivity index (χ0) is 13.8. The predicted octanol–water partition coefficient (Wildman–Crippen LogP) is 0.715. The lowest BCUT2D eigenvalue weighted by Crippen LogP contribution is -2.43. The van der Waals surface area contributed by atoms with Gasteiger partial charge in [0, 0.05) is 12.3 Å². The Morgan fingerprint density at radius 2 is 2.11 bits per heavy atom. The van der Waals surface area contributed by atoms with Crippen molar-refractivity contribution in [2.75, 3.05) is 19.4 Å². The van der Waals surface area contributed by atoms with E-state index in [-0.39, 0.29) is 17.4 Å². The van der Waals surface area contributed by atoms with Crippen LogP contribution in [0.25, 0.3) is 0 Å². The molecule has 1 heterocycles. The number of carbonyl (C=O) groups excluding carboxylic acids is 2. The summed E-state index contributed by atoms with van der Waals surface area (Å²) >= 11 is 1.57. The molecule has 0 aromatic heterocycles. The number of amides is 1. The van der Waals surface area contributed by atoms with Crippen molar-refractivity contribution in [2.24, 2.45) is 0 Å². The molecular formula is C11H20N2O4S. The maximum atomic E-state index is 11.4. The van der Waals surface area contributed by atoms with Gasteiger partial charge in [-0.05, 0) is 20.8 Å². The molecule has 0 radical (unpaired) electrons. The molecule has 0 saturated carbocycles. The molecule has 0 aromatic rings. The quantitative estimate of drug-likeness (QED) is 0.740. The van der Waals surface area contributed by atoms with Crippen molar-refractivity contribution < 1.29 is 19.1 Å². The highest BCUT2D eigenvalue weighted by Crippen LogP contribution is 2.18. The molecule has 0 unspecified atom stereocenters. The number of ether oxygens (including phenoxy) is 2. The normalized spacial score (nSPS) is 23.6. The zero-order valence-corrected chi connectivity index (χ0v) is 11.9. The number of hydrogen-bond acceptors (Lipinski definition) is 6. The van der Waals surface area contributed by atoms with Crippen LogP contribution in [0.5, 0.6) is 0 Å². The number of hydrogen-bond donors (Lipinski definition) is 2. The van der Waals surface area contributed by atoms with Crippen molar-refractivity contribution >= 4 is 23.8 Å². The first kappa shape index (κ1) is 15.1. The molecule has 1 rings (SSSR count). The predicted molar refractivity (Wildman–Crippen MR) is 69.4 cm³/mol. The molecule has 0 aliphatic carbocycles. The molecule has 104 valence electrons. The first-order chi connectivity index (χ1) is 8.31. The second-order valence-electron chi connectivity index (χ2n) is 4.95. The molecule has 7 heteroatoms. The van der Waals surface area contributed by atoms with Gasteiger partial charge >= 0.3 is 12.1 Å². The minimum absolute atomic E-state index is 0.00150. The van der Waals surface area contributed by atoms with Crippen molar-refractivity contribution in [3.05, 3.63) is 0 Å². The topological polar surface area (TPSA) is 76.7 Å². The van der Waals surface area contributed by atoms with E-state index in [2.05, 4.69) is 15.4 Å². The summed E-state index contributed by atoms with van der Waals surface area (Å²) < 4.78 is 9.76. The van der Waals surface area contributed by atoms with Gasteiger partial charge in [-0.25, -0.2) is 4.79 Å². The van der Waals surface area contributed by atoms with Gasteiger partial charge in [-0.15, -0.1) is 11.8 Å². The van der Waals surface area contributed by atoms with E-state index in [1.807, 2.05) is 20.8 Å². The van der Waals surface area contributed by atoms with Crippen LogP contribution >= 0.6 is 11.8 Å². The van der Waals surface area contributed by atoms with Gasteiger partial charge in [0.2, 0.25) is 0 Å². The van der Waals surface area contributed by atoms with Crippen LogP contribution in [-0.2, 0) is 14.3 Å². The summed E-state index contributed by atoms with van der Waals surface area (Å²) in [5, 5.41) is 5.74. The first-order valence-electron chi connectivity index (χ1n) is 5.74. The van der Waals surface area contributed by atoms with Crippen LogP contribution in [0.2, 0.25) is 0 Å². The Bertz CT molecular complexity index is 317. The van der Waals surface area contributed by atoms with Crippen molar-refractivity contribution in [3.63, 3.8) is 0 Å². The van der Waals surface area contributed by atoms with Gasteiger partial charge in [-0.3, -0.25) is 10.1 Å². The Labute approximate surface area is 111 Å². The molecule has 1 aliphatic heterocycles. The van der Waals surface area contributed by atoms with Crippen LogP contribution in [0.4, 0.5) is 4.79 Å². The van der Waals surface area contributed by atoms with E-state index in [9.17, 15) is 9.59 Å². The Morgan fingerprint density at radius 3 is 2.67 bits per heavy atom. The lowest BCUT2D eigenvalue weighted by molar-refractivity contribution is -0.142. The van der Waals surface area contributed by atoms with Gasteiger partial charge in [0.15, 0.2) is 0 Å². The molecule has 1 saturated heterocycles. The summed E-state index contributed by atoms with van der Waals surface area (Å²) in [6, 6.07) is -0.301. The van der Waals surface area contributed by atoms with Gasteiger partial charge in [-0.2, -0.15) is 0 Å². The number of carbonyl (C=O) groups is 2. The van der Waals surface area contributed by atoms with E-state index in [4.69, 9.17) is 4.74 Å². The molecule has 1 aliphatic rings. The van der Waals surface area contributed by atoms with E-state index >= 15 is 0 Å². The van der Waals surface area contributed by atoms with E-state index in [0.29, 0.717) is 12.3 Å². The average Bonchev–Trinajstić information content (AvgIpc) is 2.71. The third-order valence-corrected chi connectivity index (χ3v) is 3.40. The Morgan fingerprint density at radius 1 is 1.44 bits per heavy atom. The minimum atomic E-state index is -0.505. The van der Waals surface area contributed by atoms with Crippen LogP contribution in [0.3, 0.4) is 0 Å². The highest BCUT2D eigenvalue weighted by atomic mass is 32.2. The van der Waals surface area contributed by atoms with Gasteiger partial charge in [-0.1, -0.05) is 0 Å². The molecule has 1 amide bonds. The third-order valence-electron chi connectivity index (χ3n) is 2.17. The van der Waals surface area contributed by atoms with E-state index in [1.54, 1.807) is 11.8 Å². The maximum absolute atomic E-state index is 11.4. The standard InChI is InChI=1S/C11H20N2O4S/c1-11(2,3)17-10(15)12-5-8-13-7(6-18-8)9(14)16-4/h7-8,13H,5-6H2,1-4H3,(H,12,15)/t7-,8-/m0/s1. The van der Waals surface area contributed by atoms with Crippen LogP contribution < -0.4 is 10.6 Å². The summed E-state index contributed by atoms with van der Waals surface area (Å²) in [7, 11) is 1.36. The molecular weight excluding hydrogens is 256 g/mol. The molecule has 18 heavy (non-hydrogen) atoms. The number of nitrogens with one attached hydrogen (secondary N) is 2. The molecule has 2 atom stereocenters. The van der Waals surface area contributed by atoms with Gasteiger partial charge in [0.1, 0.15) is 11.6 Å². The third kappa shape index (κ3) is 5.14. The summed E-state index contributed by atoms with van der Waals surface area (Å²) in [5.74, 6) is 0.370. The molecule has 1 fully saturated rings. The number of rotatable bonds is 3. The fraction of sp³-hybridized carbons (Fsp3) is 0.818. The van der Waals surface area contributed by atoms with E-state index in [0.717, 1.165) is 0 Å². The Kier molecular flexibility index (Phi) is 5.28. The molecule has 2 N–H and O–H groups in total. The minimum Gasteiger partial charge on any atom is -0.468 e. The number of methoxy groups -OCH3 is 1. The second kappa shape index (κ2) is 6.29. The van der Waals surface area contributed by atoms with Crippen LogP contribution in [-0.4, -0.2) is 48.5 Å². The van der Waals surface area contributed by atoms with Crippen LogP contribution in [0, 0.1) is 0 Å². The number of alkyl carbamates (subject to hydrolysis) is 1. The lowest BCUT2D eigenvalue weighted by Gasteiger charge is -2.20. The van der Waals surface area contributed by atoms with Gasteiger partial charge in [0.25, 0.3) is 0 Å². The summed E-state index contributed by atoms with van der Waals surface area (Å²) in [6.07, 6.45) is -0.452. The molecule has 0 bridgehead atoms. The van der Waals surface area contributed by atoms with Crippen molar-refractivity contribution in [3.8, 4) is 0 Å². The maximum Gasteiger partial charge on any atom is 0.407 e. The molecule has 6 nitrogen and oxygen atoms in total. The smallest absolute Gasteiger partial charge is 0.407 e. The fourth-order valence-electron chi connectivity index (χ4n) is 1.42. The van der Waals surface area contributed by atoms with Crippen molar-refractivity contribution in [1.82, 2.24) is 10.6 Å². The molecule has 0 spiro atoms. The SMILES string of the molecule is COC(=O)[C@@H]1CS[C@@H](CNC(=O)OC(C)(C)C)N1. The summed E-state index contributed by atoms with van der Waals surface area (Å²) in [5.41, 5.74) is -0.505. The summed E-state index contributed by atoms with van der Waals surface area (Å²) in [6.45, 7) is 5.83. The van der Waals surface area contributed by atoms with Crippen LogP contribution in [0.15, 0.2) is 0 Å². The number of thioether (sulfide) groups is 1. The van der Waals surface area contributed by atoms with Crippen LogP contribution in [0.1, 0.15) is 20.8 Å². The Balaban J connectivity index is 2.26. The van der Waals surface area contributed by atoms with Gasteiger partial charge < -0.3 is 14.8 Å². The average molecular weight is 276 g/mol. The molecule has 0 aromatic carbocycles.